The van der Waals surface area contributed by atoms with E-state index in [-0.39, 0.29) is 0 Å². The van der Waals surface area contributed by atoms with Gasteiger partial charge >= 0.3 is 0 Å². The molecule has 12 heavy (non-hydrogen) atoms. The molecular weight excluding hydrogens is 152 g/mol. The molecule has 0 amide bonds. The molecule has 2 N–H and O–H groups in total. The monoisotopic (exact) mass is 162 g/mol. The molecule has 0 spiro atoms. The van der Waals surface area contributed by atoms with Crippen molar-refractivity contribution in [3.8, 4) is 0 Å². The summed E-state index contributed by atoms with van der Waals surface area (Å²) in [4.78, 5) is 8.40. The third-order valence-electron chi connectivity index (χ3n) is 1.84. The molecule has 4 nitrogen and oxygen atoms in total. The van der Waals surface area contributed by atoms with E-state index in [1.807, 2.05) is 17.7 Å². The van der Waals surface area contributed by atoms with Crippen molar-refractivity contribution in [1.82, 2.24) is 14.5 Å². The first-order valence-corrected chi connectivity index (χ1v) is 3.77. The molecule has 0 radical (unpaired) electrons. The zero-order chi connectivity index (χ0) is 8.55. The van der Waals surface area contributed by atoms with Gasteiger partial charge in [-0.2, -0.15) is 0 Å². The summed E-state index contributed by atoms with van der Waals surface area (Å²) in [7, 11) is 1.92. The molecule has 2 rings (SSSR count). The fourth-order valence-electron chi connectivity index (χ4n) is 1.17. The van der Waals surface area contributed by atoms with Crippen LogP contribution >= 0.6 is 0 Å². The second kappa shape index (κ2) is 2.57. The van der Waals surface area contributed by atoms with Crippen LogP contribution < -0.4 is 5.73 Å². The smallest absolute Gasteiger partial charge is 0.159 e. The first kappa shape index (κ1) is 7.24. The number of imidazole rings is 1. The maximum absolute atomic E-state index is 5.47. The molecule has 0 aromatic carbocycles. The van der Waals surface area contributed by atoms with Crippen LogP contribution in [0, 0.1) is 0 Å². The second-order valence-corrected chi connectivity index (χ2v) is 2.75. The van der Waals surface area contributed by atoms with E-state index in [0.717, 1.165) is 16.7 Å². The molecule has 4 heteroatoms. The van der Waals surface area contributed by atoms with Crippen LogP contribution in [0.15, 0.2) is 18.6 Å². The highest BCUT2D eigenvalue weighted by molar-refractivity contribution is 5.70. The van der Waals surface area contributed by atoms with Gasteiger partial charge in [0.2, 0.25) is 0 Å². The lowest BCUT2D eigenvalue weighted by Crippen LogP contribution is -1.97. The van der Waals surface area contributed by atoms with Crippen molar-refractivity contribution < 1.29 is 0 Å². The summed E-state index contributed by atoms with van der Waals surface area (Å²) in [5.74, 6) is 0. The molecule has 0 saturated carbocycles. The zero-order valence-electron chi connectivity index (χ0n) is 6.86. The van der Waals surface area contributed by atoms with Crippen molar-refractivity contribution in [2.45, 2.75) is 6.54 Å². The summed E-state index contributed by atoms with van der Waals surface area (Å²) < 4.78 is 1.88. The molecule has 0 fully saturated rings. The van der Waals surface area contributed by atoms with Crippen LogP contribution in [0.25, 0.3) is 11.2 Å². The Hall–Kier alpha value is -1.42. The van der Waals surface area contributed by atoms with Crippen LogP contribution in [0.4, 0.5) is 0 Å². The topological polar surface area (TPSA) is 56.7 Å². The van der Waals surface area contributed by atoms with Crippen molar-refractivity contribution in [2.24, 2.45) is 12.8 Å². The highest BCUT2D eigenvalue weighted by atomic mass is 15.1. The van der Waals surface area contributed by atoms with E-state index in [4.69, 9.17) is 5.73 Å². The summed E-state index contributed by atoms with van der Waals surface area (Å²) >= 11 is 0. The predicted molar refractivity (Wildman–Crippen MR) is 46.4 cm³/mol. The molecule has 0 atom stereocenters. The standard InChI is InChI=1S/C8H10N4/c1-12-5-11-7-2-6(3-9)4-10-8(7)12/h2,4-5H,3,9H2,1H3. The van der Waals surface area contributed by atoms with Crippen LogP contribution in [0.3, 0.4) is 0 Å². The maximum atomic E-state index is 5.47. The minimum absolute atomic E-state index is 0.513. The number of nitrogens with zero attached hydrogens (tertiary/aromatic N) is 3. The van der Waals surface area contributed by atoms with Gasteiger partial charge in [0, 0.05) is 19.8 Å². The predicted octanol–water partition coefficient (Wildman–Crippen LogP) is 0.427. The highest BCUT2D eigenvalue weighted by Crippen LogP contribution is 2.09. The Morgan fingerprint density at radius 2 is 2.33 bits per heavy atom. The van der Waals surface area contributed by atoms with E-state index in [9.17, 15) is 0 Å². The van der Waals surface area contributed by atoms with Gasteiger partial charge in [0.05, 0.1) is 6.33 Å². The molecule has 2 heterocycles. The fourth-order valence-corrected chi connectivity index (χ4v) is 1.17. The van der Waals surface area contributed by atoms with Gasteiger partial charge in [0.15, 0.2) is 5.65 Å². The van der Waals surface area contributed by atoms with Gasteiger partial charge in [-0.3, -0.25) is 0 Å². The molecule has 0 aliphatic carbocycles. The summed E-state index contributed by atoms with van der Waals surface area (Å²) in [6, 6.07) is 1.96. The third kappa shape index (κ3) is 0.967. The number of nitrogens with two attached hydrogens (primary N) is 1. The van der Waals surface area contributed by atoms with Gasteiger partial charge in [-0.05, 0) is 11.6 Å². The van der Waals surface area contributed by atoms with Gasteiger partial charge in [-0.15, -0.1) is 0 Å². The van der Waals surface area contributed by atoms with Crippen molar-refractivity contribution in [3.05, 3.63) is 24.2 Å². The van der Waals surface area contributed by atoms with Crippen molar-refractivity contribution in [2.75, 3.05) is 0 Å². The largest absolute Gasteiger partial charge is 0.326 e. The highest BCUT2D eigenvalue weighted by Gasteiger charge is 2.00. The number of rotatable bonds is 1. The SMILES string of the molecule is Cn1cnc2cc(CN)cnc21. The van der Waals surface area contributed by atoms with Crippen LogP contribution in [0.2, 0.25) is 0 Å². The quantitative estimate of drug-likeness (QED) is 0.661. The molecule has 2 aromatic rings. The van der Waals surface area contributed by atoms with Gasteiger partial charge in [0.25, 0.3) is 0 Å². The molecule has 0 unspecified atom stereocenters. The minimum atomic E-state index is 0.513. The maximum Gasteiger partial charge on any atom is 0.159 e. The number of aryl methyl sites for hydroxylation is 1. The zero-order valence-corrected chi connectivity index (χ0v) is 6.86. The first-order chi connectivity index (χ1) is 5.81. The van der Waals surface area contributed by atoms with E-state index in [0.29, 0.717) is 6.54 Å². The number of fused-ring (bicyclic) bond motifs is 1. The minimum Gasteiger partial charge on any atom is -0.326 e. The summed E-state index contributed by atoms with van der Waals surface area (Å²) in [6.45, 7) is 0.513. The lowest BCUT2D eigenvalue weighted by Gasteiger charge is -1.95. The van der Waals surface area contributed by atoms with Gasteiger partial charge in [-0.1, -0.05) is 0 Å². The Balaban J connectivity index is 2.69. The number of aromatic nitrogens is 3. The Labute approximate surface area is 70.0 Å². The molecule has 0 aliphatic heterocycles. The Kier molecular flexibility index (Phi) is 1.55. The molecule has 0 aliphatic rings. The Morgan fingerprint density at radius 1 is 1.50 bits per heavy atom. The average molecular weight is 162 g/mol. The Morgan fingerprint density at radius 3 is 3.08 bits per heavy atom. The van der Waals surface area contributed by atoms with Gasteiger partial charge in [-0.25, -0.2) is 9.97 Å². The molecule has 62 valence electrons. The Bertz CT molecular complexity index is 404. The first-order valence-electron chi connectivity index (χ1n) is 3.77. The summed E-state index contributed by atoms with van der Waals surface area (Å²) in [5.41, 5.74) is 8.29. The average Bonchev–Trinajstić information content (AvgIpc) is 2.47. The van der Waals surface area contributed by atoms with Crippen molar-refractivity contribution in [1.29, 1.82) is 0 Å². The number of pyridine rings is 1. The molecule has 0 bridgehead atoms. The second-order valence-electron chi connectivity index (χ2n) is 2.75. The van der Waals surface area contributed by atoms with E-state index >= 15 is 0 Å². The van der Waals surface area contributed by atoms with Gasteiger partial charge < -0.3 is 10.3 Å². The van der Waals surface area contributed by atoms with Crippen LogP contribution in [-0.4, -0.2) is 14.5 Å². The summed E-state index contributed by atoms with van der Waals surface area (Å²) in [6.07, 6.45) is 3.53. The van der Waals surface area contributed by atoms with Crippen LogP contribution in [-0.2, 0) is 13.6 Å². The molecule has 2 aromatic heterocycles. The number of hydrogen-bond acceptors (Lipinski definition) is 3. The van der Waals surface area contributed by atoms with E-state index in [1.54, 1.807) is 12.5 Å². The fraction of sp³-hybridized carbons (Fsp3) is 0.250. The van der Waals surface area contributed by atoms with Crippen LogP contribution in [0.5, 0.6) is 0 Å². The summed E-state index contributed by atoms with van der Waals surface area (Å²) in [5, 5.41) is 0. The van der Waals surface area contributed by atoms with E-state index < -0.39 is 0 Å². The molecule has 0 saturated heterocycles. The van der Waals surface area contributed by atoms with Gasteiger partial charge in [0.1, 0.15) is 5.52 Å². The van der Waals surface area contributed by atoms with Crippen molar-refractivity contribution in [3.63, 3.8) is 0 Å². The number of hydrogen-bond donors (Lipinski definition) is 1. The van der Waals surface area contributed by atoms with E-state index in [1.165, 1.54) is 0 Å². The van der Waals surface area contributed by atoms with E-state index in [2.05, 4.69) is 9.97 Å². The lowest BCUT2D eigenvalue weighted by atomic mass is 10.3. The third-order valence-corrected chi connectivity index (χ3v) is 1.84. The normalized spacial score (nSPS) is 10.8. The van der Waals surface area contributed by atoms with Crippen LogP contribution in [0.1, 0.15) is 5.56 Å². The molecular formula is C8H10N4. The van der Waals surface area contributed by atoms with Crippen molar-refractivity contribution >= 4 is 11.2 Å². The lowest BCUT2D eigenvalue weighted by molar-refractivity contribution is 0.928.